The Balaban J connectivity index is 1.53. The second-order valence-electron chi connectivity index (χ2n) is 6.81. The van der Waals surface area contributed by atoms with E-state index in [0.717, 1.165) is 45.9 Å². The Bertz CT molecular complexity index is 608. The van der Waals surface area contributed by atoms with Gasteiger partial charge in [0.25, 0.3) is 0 Å². The molecule has 2 atom stereocenters. The first-order valence-electron chi connectivity index (χ1n) is 9.19. The molecular weight excluding hydrogens is 334 g/mol. The Morgan fingerprint density at radius 3 is 2.50 bits per heavy atom. The summed E-state index contributed by atoms with van der Waals surface area (Å²) in [6.07, 6.45) is 1.03. The van der Waals surface area contributed by atoms with Crippen molar-refractivity contribution in [2.75, 3.05) is 51.4 Å². The van der Waals surface area contributed by atoms with Crippen molar-refractivity contribution < 1.29 is 19.1 Å². The predicted molar refractivity (Wildman–Crippen MR) is 98.6 cm³/mol. The molecule has 2 fully saturated rings. The summed E-state index contributed by atoms with van der Waals surface area (Å²) in [5, 5.41) is 5.81. The smallest absolute Gasteiger partial charge is 0.319 e. The minimum Gasteiger partial charge on any atom is -0.381 e. The van der Waals surface area contributed by atoms with Crippen molar-refractivity contribution in [3.05, 3.63) is 29.8 Å². The summed E-state index contributed by atoms with van der Waals surface area (Å²) in [5.41, 5.74) is 1.30. The number of hydrogen-bond donors (Lipinski definition) is 2. The van der Waals surface area contributed by atoms with Crippen LogP contribution in [0.4, 0.5) is 10.5 Å². The maximum absolute atomic E-state index is 12.3. The molecule has 2 amide bonds. The normalized spacial score (nSPS) is 22.0. The van der Waals surface area contributed by atoms with Crippen molar-refractivity contribution in [3.63, 3.8) is 0 Å². The second-order valence-corrected chi connectivity index (χ2v) is 6.81. The van der Waals surface area contributed by atoms with Gasteiger partial charge < -0.3 is 20.1 Å². The molecule has 0 radical (unpaired) electrons. The van der Waals surface area contributed by atoms with Crippen LogP contribution < -0.4 is 10.6 Å². The molecule has 7 nitrogen and oxygen atoms in total. The summed E-state index contributed by atoms with van der Waals surface area (Å²) in [6.45, 7) is 6.88. The number of hydrogen-bond acceptors (Lipinski definition) is 5. The zero-order valence-corrected chi connectivity index (χ0v) is 15.2. The van der Waals surface area contributed by atoms with Gasteiger partial charge in [-0.2, -0.15) is 0 Å². The summed E-state index contributed by atoms with van der Waals surface area (Å²) < 4.78 is 11.0. The first-order chi connectivity index (χ1) is 12.6. The van der Waals surface area contributed by atoms with E-state index < -0.39 is 0 Å². The molecule has 1 aromatic carbocycles. The van der Waals surface area contributed by atoms with Gasteiger partial charge in [-0.1, -0.05) is 0 Å². The van der Waals surface area contributed by atoms with Crippen LogP contribution in [0.3, 0.4) is 0 Å². The Morgan fingerprint density at radius 2 is 1.88 bits per heavy atom. The van der Waals surface area contributed by atoms with Gasteiger partial charge in [0.15, 0.2) is 5.78 Å². The maximum atomic E-state index is 12.3. The van der Waals surface area contributed by atoms with Gasteiger partial charge in [0.2, 0.25) is 0 Å². The topological polar surface area (TPSA) is 79.9 Å². The van der Waals surface area contributed by atoms with Crippen molar-refractivity contribution in [2.45, 2.75) is 19.4 Å². The summed E-state index contributed by atoms with van der Waals surface area (Å²) in [4.78, 5) is 26.0. The molecule has 1 aromatic rings. The van der Waals surface area contributed by atoms with Crippen LogP contribution in [-0.4, -0.2) is 68.8 Å². The average Bonchev–Trinajstić information content (AvgIpc) is 3.17. The fraction of sp³-hybridized carbons (Fsp3) is 0.579. The number of rotatable bonds is 6. The largest absolute Gasteiger partial charge is 0.381 e. The number of carbonyl (C=O) groups excluding carboxylic acids is 2. The molecule has 142 valence electrons. The first-order valence-corrected chi connectivity index (χ1v) is 9.19. The van der Waals surface area contributed by atoms with Crippen LogP contribution in [0.25, 0.3) is 0 Å². The van der Waals surface area contributed by atoms with Gasteiger partial charge in [-0.25, -0.2) is 4.79 Å². The third kappa shape index (κ3) is 5.03. The Hall–Kier alpha value is -1.96. The molecule has 7 heteroatoms. The lowest BCUT2D eigenvalue weighted by molar-refractivity contribution is 0.00222. The minimum atomic E-state index is -0.238. The molecule has 2 aliphatic heterocycles. The van der Waals surface area contributed by atoms with E-state index in [1.807, 2.05) is 0 Å². The number of anilines is 1. The van der Waals surface area contributed by atoms with Crippen LogP contribution in [0.5, 0.6) is 0 Å². The quantitative estimate of drug-likeness (QED) is 0.755. The highest BCUT2D eigenvalue weighted by Crippen LogP contribution is 2.22. The number of benzene rings is 1. The predicted octanol–water partition coefficient (Wildman–Crippen LogP) is 1.75. The molecule has 2 heterocycles. The van der Waals surface area contributed by atoms with E-state index in [4.69, 9.17) is 9.47 Å². The van der Waals surface area contributed by atoms with E-state index in [9.17, 15) is 9.59 Å². The molecule has 0 spiro atoms. The molecule has 3 rings (SSSR count). The zero-order chi connectivity index (χ0) is 18.4. The highest BCUT2D eigenvalue weighted by molar-refractivity contribution is 5.95. The minimum absolute atomic E-state index is 0.00753. The van der Waals surface area contributed by atoms with Crippen molar-refractivity contribution in [1.82, 2.24) is 10.2 Å². The van der Waals surface area contributed by atoms with Crippen molar-refractivity contribution in [3.8, 4) is 0 Å². The number of carbonyl (C=O) groups is 2. The number of nitrogens with one attached hydrogen (secondary N) is 2. The Morgan fingerprint density at radius 1 is 1.15 bits per heavy atom. The van der Waals surface area contributed by atoms with Crippen LogP contribution in [0, 0.1) is 5.92 Å². The first kappa shape index (κ1) is 18.8. The Kier molecular flexibility index (Phi) is 6.60. The highest BCUT2D eigenvalue weighted by Gasteiger charge is 2.31. The molecular formula is C19H27N3O4. The fourth-order valence-electron chi connectivity index (χ4n) is 3.52. The number of ether oxygens (including phenoxy) is 2. The molecule has 26 heavy (non-hydrogen) atoms. The highest BCUT2D eigenvalue weighted by atomic mass is 16.5. The van der Waals surface area contributed by atoms with E-state index in [1.54, 1.807) is 24.3 Å². The average molecular weight is 361 g/mol. The lowest BCUT2D eigenvalue weighted by atomic mass is 9.97. The van der Waals surface area contributed by atoms with Crippen LogP contribution in [0.2, 0.25) is 0 Å². The number of Topliss-reactive ketones (excluding diaryl/α,β-unsaturated/α-hetero) is 1. The van der Waals surface area contributed by atoms with E-state index >= 15 is 0 Å². The Labute approximate surface area is 154 Å². The van der Waals surface area contributed by atoms with Crippen molar-refractivity contribution in [2.24, 2.45) is 5.92 Å². The van der Waals surface area contributed by atoms with Gasteiger partial charge in [0.05, 0.1) is 19.8 Å². The third-order valence-corrected chi connectivity index (χ3v) is 5.04. The summed E-state index contributed by atoms with van der Waals surface area (Å²) in [6, 6.07) is 6.92. The van der Waals surface area contributed by atoms with Gasteiger partial charge in [-0.15, -0.1) is 0 Å². The summed E-state index contributed by atoms with van der Waals surface area (Å²) >= 11 is 0. The van der Waals surface area contributed by atoms with E-state index in [1.165, 1.54) is 6.92 Å². The van der Waals surface area contributed by atoms with Crippen LogP contribution in [0.1, 0.15) is 23.7 Å². The van der Waals surface area contributed by atoms with Gasteiger partial charge in [0, 0.05) is 49.5 Å². The van der Waals surface area contributed by atoms with Crippen molar-refractivity contribution >= 4 is 17.5 Å². The molecule has 0 unspecified atom stereocenters. The van der Waals surface area contributed by atoms with Crippen LogP contribution >= 0.6 is 0 Å². The maximum Gasteiger partial charge on any atom is 0.319 e. The van der Waals surface area contributed by atoms with Crippen molar-refractivity contribution in [1.29, 1.82) is 0 Å². The standard InChI is InChI=1S/C19H27N3O4/c1-14(23)15-2-4-17(5-3-15)21-19(24)20-12-18(16-6-9-26-13-16)22-7-10-25-11-8-22/h2-5,16,18H,6-13H2,1H3,(H2,20,21,24)/t16-,18+/m1/s1. The third-order valence-electron chi connectivity index (χ3n) is 5.04. The van der Waals surface area contributed by atoms with Crippen LogP contribution in [0.15, 0.2) is 24.3 Å². The number of nitrogens with zero attached hydrogens (tertiary/aromatic N) is 1. The van der Waals surface area contributed by atoms with Gasteiger partial charge >= 0.3 is 6.03 Å². The lowest BCUT2D eigenvalue weighted by Gasteiger charge is -2.37. The van der Waals surface area contributed by atoms with Crippen LogP contribution in [-0.2, 0) is 9.47 Å². The number of ketones is 1. The van der Waals surface area contributed by atoms with E-state index in [2.05, 4.69) is 15.5 Å². The molecule has 0 bridgehead atoms. The molecule has 0 aromatic heterocycles. The lowest BCUT2D eigenvalue weighted by Crippen LogP contribution is -2.52. The molecule has 2 N–H and O–H groups in total. The van der Waals surface area contributed by atoms with Gasteiger partial charge in [-0.05, 0) is 37.6 Å². The number of amides is 2. The molecule has 0 saturated carbocycles. The fourth-order valence-corrected chi connectivity index (χ4v) is 3.52. The SMILES string of the molecule is CC(=O)c1ccc(NC(=O)NC[C@@H]([C@@H]2CCOC2)N2CCOCC2)cc1. The van der Waals surface area contributed by atoms with E-state index in [-0.39, 0.29) is 17.9 Å². The summed E-state index contributed by atoms with van der Waals surface area (Å²) in [5.74, 6) is 0.441. The second kappa shape index (κ2) is 9.12. The summed E-state index contributed by atoms with van der Waals surface area (Å²) in [7, 11) is 0. The number of urea groups is 1. The molecule has 0 aliphatic carbocycles. The van der Waals surface area contributed by atoms with Gasteiger partial charge in [-0.3, -0.25) is 9.69 Å². The van der Waals surface area contributed by atoms with Gasteiger partial charge in [0.1, 0.15) is 0 Å². The monoisotopic (exact) mass is 361 g/mol. The zero-order valence-electron chi connectivity index (χ0n) is 15.2. The number of morpholine rings is 1. The molecule has 2 saturated heterocycles. The van der Waals surface area contributed by atoms with E-state index in [0.29, 0.717) is 23.7 Å². The molecule has 2 aliphatic rings.